The first-order chi connectivity index (χ1) is 16.4. The van der Waals surface area contributed by atoms with Gasteiger partial charge in [-0.05, 0) is 36.4 Å². The Morgan fingerprint density at radius 2 is 1.94 bits per heavy atom. The number of hydrogen-bond acceptors (Lipinski definition) is 8. The highest BCUT2D eigenvalue weighted by Gasteiger charge is 2.11. The first kappa shape index (κ1) is 21.3. The van der Waals surface area contributed by atoms with Gasteiger partial charge >= 0.3 is 0 Å². The van der Waals surface area contributed by atoms with Crippen molar-refractivity contribution in [2.45, 2.75) is 0 Å². The molecule has 5 rings (SSSR count). The number of nitro benzene ring substituents is 1. The number of hydrogen-bond donors (Lipinski definition) is 3. The van der Waals surface area contributed by atoms with Crippen molar-refractivity contribution >= 4 is 48.6 Å². The van der Waals surface area contributed by atoms with Crippen LogP contribution in [0.15, 0.2) is 72.9 Å². The number of benzene rings is 3. The number of aromatic nitrogens is 4. The normalized spacial score (nSPS) is 10.9. The van der Waals surface area contributed by atoms with E-state index >= 15 is 0 Å². The van der Waals surface area contributed by atoms with Gasteiger partial charge in [-0.3, -0.25) is 15.2 Å². The summed E-state index contributed by atoms with van der Waals surface area (Å²) in [6, 6.07) is 19.2. The molecule has 3 aromatic carbocycles. The van der Waals surface area contributed by atoms with Crippen LogP contribution in [0.3, 0.4) is 0 Å². The minimum Gasteiger partial charge on any atom is -0.457 e. The van der Waals surface area contributed by atoms with Crippen LogP contribution in [0.25, 0.3) is 22.2 Å². The molecule has 0 bridgehead atoms. The lowest BCUT2D eigenvalue weighted by Gasteiger charge is -2.12. The van der Waals surface area contributed by atoms with Crippen LogP contribution in [0.1, 0.15) is 0 Å². The molecule has 168 valence electrons. The number of rotatable bonds is 6. The highest BCUT2D eigenvalue weighted by Crippen LogP contribution is 2.28. The van der Waals surface area contributed by atoms with Crippen molar-refractivity contribution in [3.63, 3.8) is 0 Å². The second kappa shape index (κ2) is 8.76. The van der Waals surface area contributed by atoms with Gasteiger partial charge in [0.15, 0.2) is 0 Å². The van der Waals surface area contributed by atoms with Crippen molar-refractivity contribution < 1.29 is 9.66 Å². The van der Waals surface area contributed by atoms with Crippen LogP contribution in [-0.2, 0) is 0 Å². The molecular weight excluding hydrogens is 453 g/mol. The summed E-state index contributed by atoms with van der Waals surface area (Å²) in [6.45, 7) is 0. The standard InChI is InChI=1S/C23H18N7O3P/c24-23-27-19(13-2-1-3-16(8-13)30(31)32)11-22(28-23)26-15-4-7-20(21(34)10-15)33-17-5-6-18-14(9-17)12-25-29-18/h1-12H,34H2,(H,25,29)(H3,24,26,27,28). The molecule has 0 saturated carbocycles. The Morgan fingerprint density at radius 1 is 1.06 bits per heavy atom. The Hall–Kier alpha value is -4.56. The van der Waals surface area contributed by atoms with Gasteiger partial charge < -0.3 is 15.8 Å². The summed E-state index contributed by atoms with van der Waals surface area (Å²) in [5.74, 6) is 1.88. The number of nitrogens with two attached hydrogens (primary N) is 1. The Balaban J connectivity index is 1.37. The van der Waals surface area contributed by atoms with Crippen LogP contribution in [0, 0.1) is 10.1 Å². The van der Waals surface area contributed by atoms with Crippen molar-refractivity contribution in [3.05, 3.63) is 83.0 Å². The predicted molar refractivity (Wildman–Crippen MR) is 134 cm³/mol. The third kappa shape index (κ3) is 4.48. The molecule has 0 aliphatic carbocycles. The van der Waals surface area contributed by atoms with E-state index in [1.807, 2.05) is 36.4 Å². The molecule has 0 amide bonds. The number of nitro groups is 1. The molecule has 0 fully saturated rings. The summed E-state index contributed by atoms with van der Waals surface area (Å²) in [5, 5.41) is 23.0. The quantitative estimate of drug-likeness (QED) is 0.186. The second-order valence-electron chi connectivity index (χ2n) is 7.40. The highest BCUT2D eigenvalue weighted by molar-refractivity contribution is 7.27. The minimum atomic E-state index is -0.454. The number of nitrogen functional groups attached to an aromatic ring is 1. The number of non-ortho nitro benzene ring substituents is 1. The van der Waals surface area contributed by atoms with E-state index in [0.717, 1.165) is 21.9 Å². The monoisotopic (exact) mass is 471 g/mol. The van der Waals surface area contributed by atoms with Crippen LogP contribution >= 0.6 is 9.24 Å². The van der Waals surface area contributed by atoms with Gasteiger partial charge in [-0.2, -0.15) is 10.1 Å². The zero-order valence-corrected chi connectivity index (χ0v) is 18.8. The molecule has 0 aliphatic heterocycles. The minimum absolute atomic E-state index is 0.0284. The number of fused-ring (bicyclic) bond motifs is 1. The Bertz CT molecular complexity index is 1540. The van der Waals surface area contributed by atoms with Crippen molar-refractivity contribution in [2.24, 2.45) is 0 Å². The first-order valence-electron chi connectivity index (χ1n) is 10.1. The van der Waals surface area contributed by atoms with Crippen LogP contribution < -0.4 is 21.1 Å². The van der Waals surface area contributed by atoms with Crippen LogP contribution in [0.5, 0.6) is 11.5 Å². The molecule has 1 atom stereocenters. The van der Waals surface area contributed by atoms with E-state index in [1.165, 1.54) is 12.1 Å². The zero-order chi connectivity index (χ0) is 23.7. The fourth-order valence-electron chi connectivity index (χ4n) is 3.43. The number of nitrogens with zero attached hydrogens (tertiary/aromatic N) is 4. The lowest BCUT2D eigenvalue weighted by molar-refractivity contribution is -0.384. The van der Waals surface area contributed by atoms with Gasteiger partial charge in [0.05, 0.1) is 22.3 Å². The third-order valence-corrected chi connectivity index (χ3v) is 5.47. The summed E-state index contributed by atoms with van der Waals surface area (Å²) in [7, 11) is 2.65. The molecule has 10 nitrogen and oxygen atoms in total. The highest BCUT2D eigenvalue weighted by atomic mass is 31.0. The Labute approximate surface area is 195 Å². The van der Waals surface area contributed by atoms with E-state index in [9.17, 15) is 10.1 Å². The molecule has 4 N–H and O–H groups in total. The molecule has 2 heterocycles. The van der Waals surface area contributed by atoms with Gasteiger partial charge in [0.2, 0.25) is 5.95 Å². The maximum atomic E-state index is 11.1. The zero-order valence-electron chi connectivity index (χ0n) is 17.6. The lowest BCUT2D eigenvalue weighted by Crippen LogP contribution is -2.04. The SMILES string of the molecule is Nc1nc(Nc2ccc(Oc3ccc4[nH]ncc4c3)c(P)c2)cc(-c2cccc([N+](=O)[O-])c2)n1. The van der Waals surface area contributed by atoms with Gasteiger partial charge in [0, 0.05) is 40.1 Å². The third-order valence-electron chi connectivity index (χ3n) is 5.02. The molecule has 0 aliphatic rings. The van der Waals surface area contributed by atoms with Gasteiger partial charge in [-0.15, -0.1) is 9.24 Å². The summed E-state index contributed by atoms with van der Waals surface area (Å²) in [5.41, 5.74) is 8.59. The number of anilines is 3. The van der Waals surface area contributed by atoms with Crippen molar-refractivity contribution in [1.82, 2.24) is 20.2 Å². The maximum absolute atomic E-state index is 11.1. The van der Waals surface area contributed by atoms with Gasteiger partial charge in [-0.1, -0.05) is 12.1 Å². The number of nitrogens with one attached hydrogen (secondary N) is 2. The second-order valence-corrected chi connectivity index (χ2v) is 8.02. The van der Waals surface area contributed by atoms with E-state index < -0.39 is 4.92 Å². The molecule has 5 aromatic rings. The fourth-order valence-corrected chi connectivity index (χ4v) is 3.77. The smallest absolute Gasteiger partial charge is 0.270 e. The van der Waals surface area contributed by atoms with Crippen LogP contribution in [-0.4, -0.2) is 25.1 Å². The van der Waals surface area contributed by atoms with Crippen molar-refractivity contribution in [2.75, 3.05) is 11.1 Å². The van der Waals surface area contributed by atoms with Crippen molar-refractivity contribution in [1.29, 1.82) is 0 Å². The lowest BCUT2D eigenvalue weighted by atomic mass is 10.1. The van der Waals surface area contributed by atoms with E-state index in [0.29, 0.717) is 28.6 Å². The topological polar surface area (TPSA) is 145 Å². The average molecular weight is 471 g/mol. The molecular formula is C23H18N7O3P. The van der Waals surface area contributed by atoms with Crippen LogP contribution in [0.4, 0.5) is 23.1 Å². The van der Waals surface area contributed by atoms with Crippen LogP contribution in [0.2, 0.25) is 0 Å². The number of ether oxygens (including phenoxy) is 1. The van der Waals surface area contributed by atoms with Gasteiger partial charge in [0.25, 0.3) is 5.69 Å². The molecule has 0 saturated heterocycles. The van der Waals surface area contributed by atoms with Gasteiger partial charge in [0.1, 0.15) is 17.3 Å². The summed E-state index contributed by atoms with van der Waals surface area (Å²) < 4.78 is 6.03. The number of H-pyrrole nitrogens is 1. The molecule has 2 aromatic heterocycles. The van der Waals surface area contributed by atoms with E-state index in [-0.39, 0.29) is 11.6 Å². The first-order valence-corrected chi connectivity index (χ1v) is 10.7. The predicted octanol–water partition coefficient (Wildman–Crippen LogP) is 4.55. The largest absolute Gasteiger partial charge is 0.457 e. The summed E-state index contributed by atoms with van der Waals surface area (Å²) >= 11 is 0. The Kier molecular flexibility index (Phi) is 5.49. The van der Waals surface area contributed by atoms with E-state index in [2.05, 4.69) is 34.7 Å². The number of aromatic amines is 1. The molecule has 0 radical (unpaired) electrons. The van der Waals surface area contributed by atoms with E-state index in [4.69, 9.17) is 10.5 Å². The van der Waals surface area contributed by atoms with E-state index in [1.54, 1.807) is 24.4 Å². The maximum Gasteiger partial charge on any atom is 0.270 e. The molecule has 0 spiro atoms. The Morgan fingerprint density at radius 3 is 2.76 bits per heavy atom. The molecule has 1 unspecified atom stereocenters. The molecule has 11 heteroatoms. The van der Waals surface area contributed by atoms with Crippen molar-refractivity contribution in [3.8, 4) is 22.8 Å². The fraction of sp³-hybridized carbons (Fsp3) is 0. The summed E-state index contributed by atoms with van der Waals surface area (Å²) in [6.07, 6.45) is 1.74. The summed E-state index contributed by atoms with van der Waals surface area (Å²) in [4.78, 5) is 19.1. The average Bonchev–Trinajstić information content (AvgIpc) is 3.28. The molecule has 34 heavy (non-hydrogen) atoms. The van der Waals surface area contributed by atoms with Gasteiger partial charge in [-0.25, -0.2) is 4.98 Å².